The third kappa shape index (κ3) is 5.74. The monoisotopic (exact) mass is 487 g/mol. The normalized spacial score (nSPS) is 17.9. The molecule has 0 saturated carbocycles. The Morgan fingerprint density at radius 2 is 1.76 bits per heavy atom. The van der Waals surface area contributed by atoms with E-state index in [4.69, 9.17) is 5.11 Å². The lowest BCUT2D eigenvalue weighted by Crippen LogP contribution is -2.55. The Kier molecular flexibility index (Phi) is 7.93. The number of sulfone groups is 1. The van der Waals surface area contributed by atoms with E-state index in [9.17, 15) is 22.8 Å². The topological polar surface area (TPSA) is 124 Å². The van der Waals surface area contributed by atoms with Gasteiger partial charge in [-0.15, -0.1) is 0 Å². The zero-order chi connectivity index (χ0) is 24.9. The van der Waals surface area contributed by atoms with E-state index in [0.717, 1.165) is 17.7 Å². The van der Waals surface area contributed by atoms with Crippen LogP contribution in [0.1, 0.15) is 25.3 Å². The number of anilines is 1. The van der Waals surface area contributed by atoms with Crippen LogP contribution in [0.4, 0.5) is 10.5 Å². The van der Waals surface area contributed by atoms with Gasteiger partial charge < -0.3 is 15.3 Å². The van der Waals surface area contributed by atoms with E-state index in [2.05, 4.69) is 5.32 Å². The quantitative estimate of drug-likeness (QED) is 0.551. The molecule has 1 heterocycles. The van der Waals surface area contributed by atoms with E-state index in [1.807, 2.05) is 30.3 Å². The summed E-state index contributed by atoms with van der Waals surface area (Å²) in [6.07, 6.45) is 0.936. The summed E-state index contributed by atoms with van der Waals surface area (Å²) in [5.74, 6) is -1.88. The van der Waals surface area contributed by atoms with Crippen LogP contribution >= 0.6 is 0 Å². The summed E-state index contributed by atoms with van der Waals surface area (Å²) >= 11 is 0. The number of fused-ring (bicyclic) bond motifs is 1. The highest BCUT2D eigenvalue weighted by atomic mass is 32.2. The Balaban J connectivity index is 1.81. The van der Waals surface area contributed by atoms with Gasteiger partial charge in [-0.1, -0.05) is 42.5 Å². The van der Waals surface area contributed by atoms with E-state index in [1.165, 1.54) is 30.5 Å². The molecule has 0 saturated heterocycles. The SMILES string of the molecule is C[C@@H](C(=O)NC1CS(=O)(=O)c2ccccc2N(CCCCc2ccccc2)C1=O)N(C)C(=O)O. The molecule has 9 nitrogen and oxygen atoms in total. The Morgan fingerprint density at radius 1 is 1.12 bits per heavy atom. The molecule has 2 aromatic rings. The van der Waals surface area contributed by atoms with Crippen molar-refractivity contribution in [2.24, 2.45) is 0 Å². The van der Waals surface area contributed by atoms with Crippen molar-refractivity contribution in [1.29, 1.82) is 0 Å². The van der Waals surface area contributed by atoms with Crippen molar-refractivity contribution in [3.8, 4) is 0 Å². The molecule has 34 heavy (non-hydrogen) atoms. The molecule has 1 aliphatic rings. The molecule has 0 aromatic heterocycles. The van der Waals surface area contributed by atoms with Crippen LogP contribution in [-0.4, -0.2) is 67.8 Å². The molecule has 0 radical (unpaired) electrons. The van der Waals surface area contributed by atoms with Crippen LogP contribution in [0, 0.1) is 0 Å². The summed E-state index contributed by atoms with van der Waals surface area (Å²) in [5.41, 5.74) is 1.47. The minimum absolute atomic E-state index is 0.0406. The fraction of sp³-hybridized carbons (Fsp3) is 0.375. The number of para-hydroxylation sites is 1. The second-order valence-electron chi connectivity index (χ2n) is 8.31. The van der Waals surface area contributed by atoms with Crippen LogP contribution in [0.5, 0.6) is 0 Å². The molecular weight excluding hydrogens is 458 g/mol. The number of carbonyl (C=O) groups is 3. The zero-order valence-electron chi connectivity index (χ0n) is 19.2. The average Bonchev–Trinajstić information content (AvgIpc) is 2.89. The maximum absolute atomic E-state index is 13.4. The molecule has 2 aromatic carbocycles. The van der Waals surface area contributed by atoms with Gasteiger partial charge in [0.05, 0.1) is 16.3 Å². The third-order valence-electron chi connectivity index (χ3n) is 5.96. The number of amides is 3. The molecular formula is C24H29N3O6S. The molecule has 10 heteroatoms. The maximum atomic E-state index is 13.4. The summed E-state index contributed by atoms with van der Waals surface area (Å²) in [6.45, 7) is 1.66. The van der Waals surface area contributed by atoms with E-state index in [-0.39, 0.29) is 11.4 Å². The number of carbonyl (C=O) groups excluding carboxylic acids is 2. The maximum Gasteiger partial charge on any atom is 0.407 e. The predicted molar refractivity (Wildman–Crippen MR) is 127 cm³/mol. The number of hydrogen-bond acceptors (Lipinski definition) is 5. The van der Waals surface area contributed by atoms with Crippen LogP contribution in [0.25, 0.3) is 0 Å². The summed E-state index contributed by atoms with van der Waals surface area (Å²) in [6, 6.07) is 13.8. The lowest BCUT2D eigenvalue weighted by atomic mass is 10.1. The largest absolute Gasteiger partial charge is 0.465 e. The number of unbranched alkanes of at least 4 members (excludes halogenated alkanes) is 1. The van der Waals surface area contributed by atoms with Gasteiger partial charge in [0.15, 0.2) is 9.84 Å². The summed E-state index contributed by atoms with van der Waals surface area (Å²) in [5, 5.41) is 11.6. The first-order valence-corrected chi connectivity index (χ1v) is 12.7. The number of hydrogen-bond donors (Lipinski definition) is 2. The van der Waals surface area contributed by atoms with Crippen molar-refractivity contribution < 1.29 is 27.9 Å². The van der Waals surface area contributed by atoms with Crippen LogP contribution < -0.4 is 10.2 Å². The standard InChI is InChI=1S/C24H29N3O6S/c1-17(26(2)24(30)31)22(28)25-19-16-34(32,33)21-14-7-6-13-20(21)27(23(19)29)15-9-8-12-18-10-4-3-5-11-18/h3-7,10-11,13-14,17,19H,8-9,12,15-16H2,1-2H3,(H,25,28)(H,30,31)/t17-,19?/m0/s1. The van der Waals surface area contributed by atoms with Crippen LogP contribution in [0.15, 0.2) is 59.5 Å². The van der Waals surface area contributed by atoms with Crippen LogP contribution in [-0.2, 0) is 25.8 Å². The molecule has 0 bridgehead atoms. The van der Waals surface area contributed by atoms with Crippen molar-refractivity contribution >= 4 is 33.4 Å². The van der Waals surface area contributed by atoms with Crippen molar-refractivity contribution in [2.45, 2.75) is 43.2 Å². The molecule has 3 rings (SSSR count). The molecule has 0 aliphatic carbocycles. The average molecular weight is 488 g/mol. The number of rotatable bonds is 8. The number of nitrogens with one attached hydrogen (secondary N) is 1. The van der Waals surface area contributed by atoms with Crippen LogP contribution in [0.3, 0.4) is 0 Å². The van der Waals surface area contributed by atoms with Gasteiger partial charge in [-0.3, -0.25) is 14.5 Å². The summed E-state index contributed by atoms with van der Waals surface area (Å²) in [7, 11) is -2.65. The Hall–Kier alpha value is -3.40. The fourth-order valence-corrected chi connectivity index (χ4v) is 5.47. The third-order valence-corrected chi connectivity index (χ3v) is 7.75. The molecule has 1 aliphatic heterocycles. The lowest BCUT2D eigenvalue weighted by molar-refractivity contribution is -0.129. The van der Waals surface area contributed by atoms with Gasteiger partial charge >= 0.3 is 6.09 Å². The molecule has 0 fully saturated rings. The fourth-order valence-electron chi connectivity index (χ4n) is 3.84. The first-order valence-electron chi connectivity index (χ1n) is 11.0. The first-order chi connectivity index (χ1) is 16.1. The highest BCUT2D eigenvalue weighted by Gasteiger charge is 2.39. The number of aryl methyl sites for hydroxylation is 1. The molecule has 3 amide bonds. The van der Waals surface area contributed by atoms with Crippen molar-refractivity contribution in [2.75, 3.05) is 24.2 Å². The van der Waals surface area contributed by atoms with Crippen molar-refractivity contribution in [1.82, 2.24) is 10.2 Å². The predicted octanol–water partition coefficient (Wildman–Crippen LogP) is 2.31. The van der Waals surface area contributed by atoms with Gasteiger partial charge in [0.2, 0.25) is 5.91 Å². The molecule has 0 spiro atoms. The van der Waals surface area contributed by atoms with Gasteiger partial charge in [0, 0.05) is 13.6 Å². The van der Waals surface area contributed by atoms with Crippen LogP contribution in [0.2, 0.25) is 0 Å². The van der Waals surface area contributed by atoms with E-state index in [0.29, 0.717) is 12.1 Å². The minimum Gasteiger partial charge on any atom is -0.465 e. The van der Waals surface area contributed by atoms with E-state index in [1.54, 1.807) is 18.2 Å². The molecule has 182 valence electrons. The van der Waals surface area contributed by atoms with E-state index < -0.39 is 45.6 Å². The number of carboxylic acid groups (broad SMARTS) is 1. The van der Waals surface area contributed by atoms with Gasteiger partial charge in [-0.25, -0.2) is 13.2 Å². The van der Waals surface area contributed by atoms with Gasteiger partial charge in [0.1, 0.15) is 12.1 Å². The zero-order valence-corrected chi connectivity index (χ0v) is 20.0. The number of likely N-dealkylation sites (N-methyl/N-ethyl adjacent to an activating group) is 1. The highest BCUT2D eigenvalue weighted by Crippen LogP contribution is 2.30. The summed E-state index contributed by atoms with van der Waals surface area (Å²) in [4.78, 5) is 39.5. The smallest absolute Gasteiger partial charge is 0.407 e. The second-order valence-corrected chi connectivity index (χ2v) is 10.3. The van der Waals surface area contributed by atoms with Gasteiger partial charge in [-0.2, -0.15) is 0 Å². The van der Waals surface area contributed by atoms with Gasteiger partial charge in [-0.05, 0) is 43.9 Å². The Labute approximate surface area is 199 Å². The number of benzene rings is 2. The molecule has 1 unspecified atom stereocenters. The van der Waals surface area contributed by atoms with E-state index >= 15 is 0 Å². The molecule has 2 atom stereocenters. The number of nitrogens with zero attached hydrogens (tertiary/aromatic N) is 2. The highest BCUT2D eigenvalue weighted by molar-refractivity contribution is 7.91. The minimum atomic E-state index is -3.88. The van der Waals surface area contributed by atoms with Crippen molar-refractivity contribution in [3.63, 3.8) is 0 Å². The summed E-state index contributed by atoms with van der Waals surface area (Å²) < 4.78 is 26.1. The second kappa shape index (κ2) is 10.7. The van der Waals surface area contributed by atoms with Crippen molar-refractivity contribution in [3.05, 3.63) is 60.2 Å². The first kappa shape index (κ1) is 25.2. The Bertz CT molecular complexity index is 1150. The van der Waals surface area contributed by atoms with Gasteiger partial charge in [0.25, 0.3) is 5.91 Å². The molecule has 2 N–H and O–H groups in total. The Morgan fingerprint density at radius 3 is 2.44 bits per heavy atom. The lowest BCUT2D eigenvalue weighted by Gasteiger charge is -2.27.